The van der Waals surface area contributed by atoms with Gasteiger partial charge in [-0.2, -0.15) is 0 Å². The zero-order valence-corrected chi connectivity index (χ0v) is 18.6. The Morgan fingerprint density at radius 2 is 1.76 bits per heavy atom. The Morgan fingerprint density at radius 3 is 2.41 bits per heavy atom. The van der Waals surface area contributed by atoms with E-state index in [4.69, 9.17) is 9.47 Å². The first-order chi connectivity index (χ1) is 13.8. The van der Waals surface area contributed by atoms with Crippen LogP contribution in [0, 0.1) is 0 Å². The molecule has 0 aliphatic rings. The molecule has 0 N–H and O–H groups in total. The maximum absolute atomic E-state index is 12.6. The van der Waals surface area contributed by atoms with E-state index < -0.39 is 5.97 Å². The van der Waals surface area contributed by atoms with Crippen molar-refractivity contribution in [2.75, 3.05) is 7.11 Å². The number of rotatable bonds is 5. The predicted octanol–water partition coefficient (Wildman–Crippen LogP) is 6.17. The maximum Gasteiger partial charge on any atom is 0.339 e. The largest absolute Gasteiger partial charge is 0.472 e. The van der Waals surface area contributed by atoms with Gasteiger partial charge in [-0.3, -0.25) is 0 Å². The lowest BCUT2D eigenvalue weighted by molar-refractivity contribution is 0.0600. The van der Waals surface area contributed by atoms with Crippen LogP contribution in [0.4, 0.5) is 0 Å². The second-order valence-electron chi connectivity index (χ2n) is 7.75. The maximum atomic E-state index is 12.6. The minimum Gasteiger partial charge on any atom is -0.472 e. The van der Waals surface area contributed by atoms with E-state index in [1.54, 1.807) is 6.20 Å². The highest BCUT2D eigenvalue weighted by atomic mass is 79.9. The average Bonchev–Trinajstić information content (AvgIpc) is 2.71. The minimum absolute atomic E-state index is 0.0980. The Hall–Kier alpha value is -2.66. The molecule has 3 rings (SSSR count). The molecule has 0 unspecified atom stereocenters. The zero-order chi connectivity index (χ0) is 21.0. The fourth-order valence-corrected chi connectivity index (χ4v) is 3.62. The normalized spacial score (nSPS) is 11.2. The van der Waals surface area contributed by atoms with Gasteiger partial charge in [-0.1, -0.05) is 51.1 Å². The number of ether oxygens (including phenoxy) is 2. The molecular weight excluding hydrogens is 430 g/mol. The van der Waals surface area contributed by atoms with Crippen LogP contribution in [0.25, 0.3) is 11.1 Å². The van der Waals surface area contributed by atoms with Crippen LogP contribution >= 0.6 is 15.9 Å². The van der Waals surface area contributed by atoms with Gasteiger partial charge in [0.15, 0.2) is 0 Å². The lowest BCUT2D eigenvalue weighted by Crippen LogP contribution is -2.14. The van der Waals surface area contributed by atoms with Gasteiger partial charge in [0.25, 0.3) is 0 Å². The fraction of sp³-hybridized carbons (Fsp3) is 0.250. The number of benzene rings is 2. The van der Waals surface area contributed by atoms with Crippen LogP contribution in [0.1, 0.15) is 42.3 Å². The molecule has 0 bridgehead atoms. The third kappa shape index (κ3) is 4.85. The molecule has 4 nitrogen and oxygen atoms in total. The van der Waals surface area contributed by atoms with Crippen molar-refractivity contribution in [3.05, 3.63) is 82.0 Å². The summed E-state index contributed by atoms with van der Waals surface area (Å²) < 4.78 is 11.8. The molecule has 0 amide bonds. The smallest absolute Gasteiger partial charge is 0.339 e. The molecule has 0 fully saturated rings. The number of nitrogens with zero attached hydrogens (tertiary/aromatic N) is 1. The Kier molecular flexibility index (Phi) is 6.38. The van der Waals surface area contributed by atoms with Crippen LogP contribution < -0.4 is 4.74 Å². The number of hydrogen-bond donors (Lipinski definition) is 0. The minimum atomic E-state index is -0.412. The van der Waals surface area contributed by atoms with Gasteiger partial charge in [-0.05, 0) is 56.7 Å². The Balaban J connectivity index is 2.12. The van der Waals surface area contributed by atoms with Gasteiger partial charge >= 0.3 is 5.97 Å². The summed E-state index contributed by atoms with van der Waals surface area (Å²) in [5, 5.41) is 0. The lowest BCUT2D eigenvalue weighted by atomic mass is 9.84. The molecule has 1 heterocycles. The molecule has 2 aromatic carbocycles. The highest BCUT2D eigenvalue weighted by molar-refractivity contribution is 9.10. The van der Waals surface area contributed by atoms with Crippen molar-refractivity contribution in [2.45, 2.75) is 32.8 Å². The van der Waals surface area contributed by atoms with Crippen LogP contribution in [0.15, 0.2) is 65.3 Å². The monoisotopic (exact) mass is 453 g/mol. The molecule has 3 aromatic rings. The first-order valence-electron chi connectivity index (χ1n) is 9.35. The van der Waals surface area contributed by atoms with Crippen LogP contribution in [0.5, 0.6) is 5.88 Å². The molecule has 0 aliphatic carbocycles. The summed E-state index contributed by atoms with van der Waals surface area (Å²) in [6.45, 7) is 6.78. The topological polar surface area (TPSA) is 48.4 Å². The Bertz CT molecular complexity index is 1010. The van der Waals surface area contributed by atoms with E-state index in [2.05, 4.69) is 41.7 Å². The molecule has 0 radical (unpaired) electrons. The molecule has 150 valence electrons. The zero-order valence-electron chi connectivity index (χ0n) is 17.0. The number of aromatic nitrogens is 1. The summed E-state index contributed by atoms with van der Waals surface area (Å²) in [5.74, 6) is 0.0599. The van der Waals surface area contributed by atoms with Crippen molar-refractivity contribution in [3.8, 4) is 17.0 Å². The number of halogens is 1. The molecule has 0 atom stereocenters. The van der Waals surface area contributed by atoms with Crippen molar-refractivity contribution in [1.82, 2.24) is 4.98 Å². The number of hydrogen-bond acceptors (Lipinski definition) is 4. The summed E-state index contributed by atoms with van der Waals surface area (Å²) in [7, 11) is 1.38. The molecule has 29 heavy (non-hydrogen) atoms. The third-order valence-electron chi connectivity index (χ3n) is 4.63. The quantitative estimate of drug-likeness (QED) is 0.433. The number of carbonyl (C=O) groups excluding carboxylic acids is 1. The van der Waals surface area contributed by atoms with Gasteiger partial charge in [0.1, 0.15) is 6.61 Å². The van der Waals surface area contributed by atoms with Crippen molar-refractivity contribution < 1.29 is 14.3 Å². The fourth-order valence-electron chi connectivity index (χ4n) is 3.00. The van der Waals surface area contributed by atoms with Crippen LogP contribution in [-0.2, 0) is 16.8 Å². The Morgan fingerprint density at radius 1 is 1.03 bits per heavy atom. The third-order valence-corrected chi connectivity index (χ3v) is 5.25. The van der Waals surface area contributed by atoms with Crippen LogP contribution in [-0.4, -0.2) is 18.1 Å². The molecule has 0 saturated heterocycles. The molecule has 5 heteroatoms. The van der Waals surface area contributed by atoms with Gasteiger partial charge in [0.2, 0.25) is 5.88 Å². The van der Waals surface area contributed by atoms with E-state index in [0.29, 0.717) is 22.5 Å². The lowest BCUT2D eigenvalue weighted by Gasteiger charge is -2.23. The summed E-state index contributed by atoms with van der Waals surface area (Å²) >= 11 is 3.57. The second-order valence-corrected chi connectivity index (χ2v) is 8.61. The molecule has 1 aromatic heterocycles. The van der Waals surface area contributed by atoms with Crippen molar-refractivity contribution in [3.63, 3.8) is 0 Å². The molecule has 0 saturated carbocycles. The SMILES string of the molecule is COC(=O)c1c(Br)cc(C(C)(C)C)cc1-c1cccnc1OCc1ccccc1. The van der Waals surface area contributed by atoms with E-state index in [-0.39, 0.29) is 5.41 Å². The van der Waals surface area contributed by atoms with Gasteiger partial charge in [-0.25, -0.2) is 9.78 Å². The van der Waals surface area contributed by atoms with E-state index in [1.807, 2.05) is 54.6 Å². The summed E-state index contributed by atoms with van der Waals surface area (Å²) in [6, 6.07) is 17.6. The standard InChI is InChI=1S/C24H24BrNO3/c1-24(2,3)17-13-19(21(20(25)14-17)23(27)28-4)18-11-8-12-26-22(18)29-15-16-9-6-5-7-10-16/h5-14H,15H2,1-4H3. The van der Waals surface area contributed by atoms with Crippen molar-refractivity contribution in [1.29, 1.82) is 0 Å². The van der Waals surface area contributed by atoms with E-state index in [9.17, 15) is 4.79 Å². The molecule has 0 spiro atoms. The Labute approximate surface area is 180 Å². The number of carbonyl (C=O) groups is 1. The first-order valence-corrected chi connectivity index (χ1v) is 10.1. The second kappa shape index (κ2) is 8.78. The van der Waals surface area contributed by atoms with Crippen molar-refractivity contribution >= 4 is 21.9 Å². The summed E-state index contributed by atoms with van der Waals surface area (Å²) in [5.41, 5.74) is 3.96. The average molecular weight is 454 g/mol. The predicted molar refractivity (Wildman–Crippen MR) is 118 cm³/mol. The van der Waals surface area contributed by atoms with E-state index >= 15 is 0 Å². The molecule has 0 aliphatic heterocycles. The highest BCUT2D eigenvalue weighted by Gasteiger charge is 2.24. The van der Waals surface area contributed by atoms with Crippen LogP contribution in [0.3, 0.4) is 0 Å². The van der Waals surface area contributed by atoms with E-state index in [1.165, 1.54) is 7.11 Å². The number of pyridine rings is 1. The summed E-state index contributed by atoms with van der Waals surface area (Å²) in [6.07, 6.45) is 1.68. The van der Waals surface area contributed by atoms with Gasteiger partial charge < -0.3 is 9.47 Å². The number of esters is 1. The van der Waals surface area contributed by atoms with Gasteiger partial charge in [0.05, 0.1) is 12.7 Å². The van der Waals surface area contributed by atoms with Crippen LogP contribution in [0.2, 0.25) is 0 Å². The highest BCUT2D eigenvalue weighted by Crippen LogP contribution is 2.38. The number of methoxy groups -OCH3 is 1. The van der Waals surface area contributed by atoms with Gasteiger partial charge in [-0.15, -0.1) is 0 Å². The summed E-state index contributed by atoms with van der Waals surface area (Å²) in [4.78, 5) is 17.0. The van der Waals surface area contributed by atoms with E-state index in [0.717, 1.165) is 22.3 Å². The first kappa shape index (κ1) is 21.1. The van der Waals surface area contributed by atoms with Crippen molar-refractivity contribution in [2.24, 2.45) is 0 Å². The van der Waals surface area contributed by atoms with Gasteiger partial charge in [0, 0.05) is 21.8 Å². The molecular formula is C24H24BrNO3.